The van der Waals surface area contributed by atoms with Gasteiger partial charge in [0, 0.05) is 17.3 Å². The molecule has 4 heteroatoms. The fraction of sp³-hybridized carbons (Fsp3) is 0.333. The van der Waals surface area contributed by atoms with E-state index in [1.54, 1.807) is 0 Å². The lowest BCUT2D eigenvalue weighted by Gasteiger charge is -2.09. The molecule has 0 bridgehead atoms. The molecule has 1 unspecified atom stereocenters. The summed E-state index contributed by atoms with van der Waals surface area (Å²) in [5.41, 5.74) is 7.29. The number of nitriles is 1. The molecule has 0 fully saturated rings. The van der Waals surface area contributed by atoms with E-state index < -0.39 is 0 Å². The highest BCUT2D eigenvalue weighted by molar-refractivity contribution is 6.30. The second-order valence-corrected chi connectivity index (χ2v) is 3.16. The minimum Gasteiger partial charge on any atom is -0.323 e. The summed E-state index contributed by atoms with van der Waals surface area (Å²) < 4.78 is 0. The predicted molar refractivity (Wildman–Crippen MR) is 51.1 cm³/mol. The Labute approximate surface area is 82.1 Å². The molecular weight excluding hydrogens is 186 g/mol. The zero-order valence-electron chi connectivity index (χ0n) is 7.29. The second kappa shape index (κ2) is 4.22. The molecule has 1 aromatic heterocycles. The van der Waals surface area contributed by atoms with Crippen LogP contribution in [0, 0.1) is 18.3 Å². The first-order chi connectivity index (χ1) is 6.15. The molecule has 0 aromatic carbocycles. The highest BCUT2D eigenvalue weighted by Crippen LogP contribution is 2.21. The van der Waals surface area contributed by atoms with E-state index >= 15 is 0 Å². The van der Waals surface area contributed by atoms with Gasteiger partial charge in [-0.25, -0.2) is 4.98 Å². The highest BCUT2D eigenvalue weighted by atomic mass is 35.5. The van der Waals surface area contributed by atoms with Gasteiger partial charge in [0.2, 0.25) is 0 Å². The Hall–Kier alpha value is -1.11. The summed E-state index contributed by atoms with van der Waals surface area (Å²) in [4.78, 5) is 4.05. The van der Waals surface area contributed by atoms with Gasteiger partial charge in [0.05, 0.1) is 12.5 Å². The quantitative estimate of drug-likeness (QED) is 0.734. The van der Waals surface area contributed by atoms with Crippen molar-refractivity contribution in [3.8, 4) is 6.07 Å². The summed E-state index contributed by atoms with van der Waals surface area (Å²) in [6, 6.07) is 5.30. The summed E-state index contributed by atoms with van der Waals surface area (Å²) in [5.74, 6) is 0. The lowest BCUT2D eigenvalue weighted by Crippen LogP contribution is -2.10. The molecule has 13 heavy (non-hydrogen) atoms. The molecule has 0 amide bonds. The standard InChI is InChI=1S/C9H10ClN3/c1-6-2-3-7(9(10)13-6)8(12)4-5-11/h2-3,8H,4,12H2,1H3. The number of pyridine rings is 1. The van der Waals surface area contributed by atoms with Gasteiger partial charge in [-0.1, -0.05) is 17.7 Å². The van der Waals surface area contributed by atoms with E-state index in [0.29, 0.717) is 5.15 Å². The minimum absolute atomic E-state index is 0.254. The molecule has 0 radical (unpaired) electrons. The number of nitrogens with zero attached hydrogens (tertiary/aromatic N) is 2. The Kier molecular flexibility index (Phi) is 3.24. The first-order valence-corrected chi connectivity index (χ1v) is 4.28. The van der Waals surface area contributed by atoms with Crippen LogP contribution in [-0.2, 0) is 0 Å². The SMILES string of the molecule is Cc1ccc(C(N)CC#N)c(Cl)n1. The van der Waals surface area contributed by atoms with Gasteiger partial charge in [-0.15, -0.1) is 0 Å². The number of rotatable bonds is 2. The highest BCUT2D eigenvalue weighted by Gasteiger charge is 2.10. The molecule has 68 valence electrons. The van der Waals surface area contributed by atoms with Crippen LogP contribution in [0.5, 0.6) is 0 Å². The third-order valence-electron chi connectivity index (χ3n) is 1.73. The van der Waals surface area contributed by atoms with Gasteiger partial charge in [-0.2, -0.15) is 5.26 Å². The van der Waals surface area contributed by atoms with Gasteiger partial charge in [0.1, 0.15) is 5.15 Å². The number of aromatic nitrogens is 1. The van der Waals surface area contributed by atoms with Crippen molar-refractivity contribution >= 4 is 11.6 Å². The Morgan fingerprint density at radius 2 is 2.38 bits per heavy atom. The molecule has 1 heterocycles. The van der Waals surface area contributed by atoms with Gasteiger partial charge in [-0.3, -0.25) is 0 Å². The fourth-order valence-corrected chi connectivity index (χ4v) is 1.36. The van der Waals surface area contributed by atoms with Crippen molar-refractivity contribution in [1.82, 2.24) is 4.98 Å². The Bertz CT molecular complexity index is 343. The fourth-order valence-electron chi connectivity index (χ4n) is 1.02. The Morgan fingerprint density at radius 1 is 1.69 bits per heavy atom. The molecular formula is C9H10ClN3. The van der Waals surface area contributed by atoms with E-state index in [2.05, 4.69) is 4.98 Å². The summed E-state index contributed by atoms with van der Waals surface area (Å²) in [6.45, 7) is 1.85. The number of aryl methyl sites for hydroxylation is 1. The van der Waals surface area contributed by atoms with Gasteiger partial charge in [0.15, 0.2) is 0 Å². The van der Waals surface area contributed by atoms with E-state index in [4.69, 9.17) is 22.6 Å². The first kappa shape index (κ1) is 9.97. The van der Waals surface area contributed by atoms with Gasteiger partial charge in [0.25, 0.3) is 0 Å². The third-order valence-corrected chi connectivity index (χ3v) is 2.03. The second-order valence-electron chi connectivity index (χ2n) is 2.80. The summed E-state index contributed by atoms with van der Waals surface area (Å²) in [6.07, 6.45) is 0.254. The lowest BCUT2D eigenvalue weighted by molar-refractivity contribution is 0.743. The van der Waals surface area contributed by atoms with Crippen LogP contribution < -0.4 is 5.73 Å². The molecule has 0 saturated heterocycles. The van der Waals surface area contributed by atoms with Crippen molar-refractivity contribution in [3.05, 3.63) is 28.5 Å². The van der Waals surface area contributed by atoms with Crippen LogP contribution in [0.25, 0.3) is 0 Å². The Morgan fingerprint density at radius 3 is 2.92 bits per heavy atom. The van der Waals surface area contributed by atoms with Crippen LogP contribution in [0.1, 0.15) is 23.7 Å². The van der Waals surface area contributed by atoms with Crippen molar-refractivity contribution in [2.75, 3.05) is 0 Å². The van der Waals surface area contributed by atoms with Crippen molar-refractivity contribution in [3.63, 3.8) is 0 Å². The number of hydrogen-bond acceptors (Lipinski definition) is 3. The van der Waals surface area contributed by atoms with Crippen LogP contribution in [0.4, 0.5) is 0 Å². The molecule has 2 N–H and O–H groups in total. The lowest BCUT2D eigenvalue weighted by atomic mass is 10.1. The van der Waals surface area contributed by atoms with E-state index in [-0.39, 0.29) is 12.5 Å². The molecule has 1 atom stereocenters. The van der Waals surface area contributed by atoms with Crippen LogP contribution >= 0.6 is 11.6 Å². The zero-order valence-corrected chi connectivity index (χ0v) is 8.04. The maximum Gasteiger partial charge on any atom is 0.134 e. The molecule has 0 aliphatic heterocycles. The molecule has 0 aliphatic rings. The van der Waals surface area contributed by atoms with Crippen LogP contribution in [0.2, 0.25) is 5.15 Å². The Balaban J connectivity index is 2.96. The summed E-state index contributed by atoms with van der Waals surface area (Å²) in [5, 5.41) is 8.84. The van der Waals surface area contributed by atoms with E-state index in [1.807, 2.05) is 25.1 Å². The van der Waals surface area contributed by atoms with Crippen LogP contribution in [0.3, 0.4) is 0 Å². The molecule has 3 nitrogen and oxygen atoms in total. The van der Waals surface area contributed by atoms with E-state index in [1.165, 1.54) is 0 Å². The number of hydrogen-bond donors (Lipinski definition) is 1. The van der Waals surface area contributed by atoms with Gasteiger partial charge in [-0.05, 0) is 13.0 Å². The van der Waals surface area contributed by atoms with Crippen molar-refractivity contribution in [2.24, 2.45) is 5.73 Å². The minimum atomic E-state index is -0.342. The molecule has 0 spiro atoms. The molecule has 1 aromatic rings. The zero-order chi connectivity index (χ0) is 9.84. The average molecular weight is 196 g/mol. The van der Waals surface area contributed by atoms with Gasteiger partial charge < -0.3 is 5.73 Å². The van der Waals surface area contributed by atoms with Crippen molar-refractivity contribution in [1.29, 1.82) is 5.26 Å². The number of nitrogens with two attached hydrogens (primary N) is 1. The molecule has 0 saturated carbocycles. The summed E-state index contributed by atoms with van der Waals surface area (Å²) in [7, 11) is 0. The van der Waals surface area contributed by atoms with Gasteiger partial charge >= 0.3 is 0 Å². The number of halogens is 1. The van der Waals surface area contributed by atoms with Crippen molar-refractivity contribution in [2.45, 2.75) is 19.4 Å². The normalized spacial score (nSPS) is 12.2. The van der Waals surface area contributed by atoms with E-state index in [9.17, 15) is 0 Å². The maximum absolute atomic E-state index is 8.45. The topological polar surface area (TPSA) is 62.7 Å². The third kappa shape index (κ3) is 2.41. The van der Waals surface area contributed by atoms with Crippen LogP contribution in [0.15, 0.2) is 12.1 Å². The maximum atomic E-state index is 8.45. The summed E-state index contributed by atoms with van der Waals surface area (Å²) >= 11 is 5.86. The molecule has 0 aliphatic carbocycles. The first-order valence-electron chi connectivity index (χ1n) is 3.90. The molecule has 1 rings (SSSR count). The van der Waals surface area contributed by atoms with E-state index in [0.717, 1.165) is 11.3 Å². The predicted octanol–water partition coefficient (Wildman–Crippen LogP) is 1.96. The largest absolute Gasteiger partial charge is 0.323 e. The smallest absolute Gasteiger partial charge is 0.134 e. The van der Waals surface area contributed by atoms with Crippen LogP contribution in [-0.4, -0.2) is 4.98 Å². The average Bonchev–Trinajstić information content (AvgIpc) is 2.04. The van der Waals surface area contributed by atoms with Crippen molar-refractivity contribution < 1.29 is 0 Å². The monoisotopic (exact) mass is 195 g/mol.